The third-order valence-electron chi connectivity index (χ3n) is 4.54. The summed E-state index contributed by atoms with van der Waals surface area (Å²) in [5.74, 6) is -0.481. The van der Waals surface area contributed by atoms with Crippen LogP contribution in [-0.2, 0) is 12.0 Å². The van der Waals surface area contributed by atoms with Gasteiger partial charge in [0.05, 0.1) is 18.7 Å². The number of hydrogen-bond acceptors (Lipinski definition) is 3. The molecule has 21 heavy (non-hydrogen) atoms. The van der Waals surface area contributed by atoms with Crippen LogP contribution < -0.4 is 10.1 Å². The van der Waals surface area contributed by atoms with E-state index in [1.165, 1.54) is 17.7 Å². The number of ether oxygens (including phenoxy) is 1. The molecular formula is C16H14F2N2O. The molecule has 1 aliphatic carbocycles. The molecule has 1 aromatic carbocycles. The van der Waals surface area contributed by atoms with Crippen molar-refractivity contribution in [2.24, 2.45) is 0 Å². The minimum atomic E-state index is -0.555. The summed E-state index contributed by atoms with van der Waals surface area (Å²) in [6, 6.07) is 5.73. The predicted octanol–water partition coefficient (Wildman–Crippen LogP) is 2.85. The zero-order chi connectivity index (χ0) is 14.6. The first-order valence-electron chi connectivity index (χ1n) is 6.91. The van der Waals surface area contributed by atoms with Crippen LogP contribution in [0.1, 0.15) is 29.2 Å². The molecule has 0 unspecified atom stereocenters. The van der Waals surface area contributed by atoms with E-state index in [-0.39, 0.29) is 6.04 Å². The van der Waals surface area contributed by atoms with Gasteiger partial charge in [0, 0.05) is 23.4 Å². The Kier molecular flexibility index (Phi) is 2.57. The Hall–Kier alpha value is -2.01. The number of pyridine rings is 1. The molecule has 0 spiro atoms. The summed E-state index contributed by atoms with van der Waals surface area (Å²) in [6.45, 7) is 0. The van der Waals surface area contributed by atoms with Gasteiger partial charge in [-0.05, 0) is 30.5 Å². The summed E-state index contributed by atoms with van der Waals surface area (Å²) >= 11 is 0. The lowest BCUT2D eigenvalue weighted by atomic mass is 9.80. The second-order valence-corrected chi connectivity index (χ2v) is 5.57. The molecule has 2 aromatic rings. The van der Waals surface area contributed by atoms with Crippen LogP contribution >= 0.6 is 0 Å². The maximum atomic E-state index is 14.1. The number of nitrogens with zero attached hydrogens (tertiary/aromatic N) is 1. The molecule has 3 nitrogen and oxygen atoms in total. The first kappa shape index (κ1) is 12.7. The molecule has 1 N–H and O–H groups in total. The average Bonchev–Trinajstić information content (AvgIpc) is 3.22. The van der Waals surface area contributed by atoms with Crippen molar-refractivity contribution in [1.29, 1.82) is 0 Å². The highest BCUT2D eigenvalue weighted by atomic mass is 19.1. The molecule has 1 aliphatic heterocycles. The molecule has 2 aliphatic rings. The Morgan fingerprint density at radius 2 is 2.19 bits per heavy atom. The van der Waals surface area contributed by atoms with Gasteiger partial charge >= 0.3 is 0 Å². The second kappa shape index (κ2) is 4.24. The number of benzene rings is 1. The standard InChI is InChI=1S/C16H14F2N2O/c1-21-15-13-9(5-7-19-15)4-6-16(14(13)20-16)11-3-2-10(17)8-12(11)18/h2-3,5,7-8,14,20H,4,6H2,1H3/t14-,16-/m0/s1. The van der Waals surface area contributed by atoms with Crippen molar-refractivity contribution in [3.63, 3.8) is 0 Å². The van der Waals surface area contributed by atoms with Crippen molar-refractivity contribution < 1.29 is 13.5 Å². The van der Waals surface area contributed by atoms with Crippen LogP contribution in [0.3, 0.4) is 0 Å². The highest BCUT2D eigenvalue weighted by molar-refractivity contribution is 5.51. The molecule has 0 radical (unpaired) electrons. The Morgan fingerprint density at radius 3 is 2.95 bits per heavy atom. The van der Waals surface area contributed by atoms with Crippen molar-refractivity contribution in [3.8, 4) is 5.88 Å². The number of hydrogen-bond donors (Lipinski definition) is 1. The maximum Gasteiger partial charge on any atom is 0.218 e. The monoisotopic (exact) mass is 288 g/mol. The SMILES string of the molecule is COc1nccc2c1[C@@H]1N[C@]1(c1ccc(F)cc1F)CC2. The molecule has 4 rings (SSSR count). The third kappa shape index (κ3) is 1.70. The van der Waals surface area contributed by atoms with Crippen LogP contribution in [0.5, 0.6) is 5.88 Å². The summed E-state index contributed by atoms with van der Waals surface area (Å²) < 4.78 is 32.6. The number of aryl methyl sites for hydroxylation is 1. The van der Waals surface area contributed by atoms with Gasteiger partial charge < -0.3 is 4.74 Å². The van der Waals surface area contributed by atoms with E-state index < -0.39 is 17.2 Å². The van der Waals surface area contributed by atoms with E-state index in [1.54, 1.807) is 13.3 Å². The zero-order valence-electron chi connectivity index (χ0n) is 11.5. The number of methoxy groups -OCH3 is 1. The smallest absolute Gasteiger partial charge is 0.218 e. The summed E-state index contributed by atoms with van der Waals surface area (Å²) in [7, 11) is 1.58. The zero-order valence-corrected chi connectivity index (χ0v) is 11.5. The quantitative estimate of drug-likeness (QED) is 0.864. The number of fused-ring (bicyclic) bond motifs is 3. The fourth-order valence-corrected chi connectivity index (χ4v) is 3.48. The van der Waals surface area contributed by atoms with E-state index in [0.717, 1.165) is 24.5 Å². The molecule has 1 fully saturated rings. The lowest BCUT2D eigenvalue weighted by molar-refractivity contribution is 0.386. The van der Waals surface area contributed by atoms with Gasteiger partial charge in [0.1, 0.15) is 11.6 Å². The number of rotatable bonds is 2. The fourth-order valence-electron chi connectivity index (χ4n) is 3.48. The predicted molar refractivity (Wildman–Crippen MR) is 73.0 cm³/mol. The Balaban J connectivity index is 1.81. The molecule has 0 amide bonds. The third-order valence-corrected chi connectivity index (χ3v) is 4.54. The maximum absolute atomic E-state index is 14.1. The first-order chi connectivity index (χ1) is 10.2. The molecule has 2 heterocycles. The van der Waals surface area contributed by atoms with Gasteiger partial charge in [-0.2, -0.15) is 0 Å². The first-order valence-corrected chi connectivity index (χ1v) is 6.91. The van der Waals surface area contributed by atoms with Crippen LogP contribution in [0.4, 0.5) is 8.78 Å². The average molecular weight is 288 g/mol. The van der Waals surface area contributed by atoms with Gasteiger partial charge in [-0.1, -0.05) is 6.07 Å². The van der Waals surface area contributed by atoms with Gasteiger partial charge in [0.25, 0.3) is 0 Å². The van der Waals surface area contributed by atoms with Crippen molar-refractivity contribution in [2.75, 3.05) is 7.11 Å². The number of aromatic nitrogens is 1. The fraction of sp³-hybridized carbons (Fsp3) is 0.312. The van der Waals surface area contributed by atoms with E-state index in [4.69, 9.17) is 4.74 Å². The molecule has 2 atom stereocenters. The second-order valence-electron chi connectivity index (χ2n) is 5.57. The Bertz CT molecular complexity index is 720. The number of halogens is 2. The van der Waals surface area contributed by atoms with Gasteiger partial charge in [0.15, 0.2) is 0 Å². The largest absolute Gasteiger partial charge is 0.481 e. The van der Waals surface area contributed by atoms with Crippen molar-refractivity contribution in [1.82, 2.24) is 10.3 Å². The van der Waals surface area contributed by atoms with E-state index in [0.29, 0.717) is 11.4 Å². The highest BCUT2D eigenvalue weighted by Gasteiger charge is 2.60. The molecular weight excluding hydrogens is 274 g/mol. The van der Waals surface area contributed by atoms with Crippen LogP contribution in [0.25, 0.3) is 0 Å². The summed E-state index contributed by atoms with van der Waals surface area (Å²) in [5.41, 5.74) is 2.23. The van der Waals surface area contributed by atoms with Crippen LogP contribution in [0, 0.1) is 11.6 Å². The van der Waals surface area contributed by atoms with E-state index in [1.807, 2.05) is 6.07 Å². The van der Waals surface area contributed by atoms with Crippen LogP contribution in [-0.4, -0.2) is 12.1 Å². The number of nitrogens with one attached hydrogen (secondary N) is 1. The van der Waals surface area contributed by atoms with Crippen molar-refractivity contribution in [3.05, 3.63) is 58.8 Å². The minimum absolute atomic E-state index is 0.0233. The Morgan fingerprint density at radius 1 is 1.33 bits per heavy atom. The highest BCUT2D eigenvalue weighted by Crippen LogP contribution is 2.58. The van der Waals surface area contributed by atoms with E-state index >= 15 is 0 Å². The summed E-state index contributed by atoms with van der Waals surface area (Å²) in [5, 5.41) is 3.37. The Labute approximate surface area is 121 Å². The molecule has 0 saturated carbocycles. The van der Waals surface area contributed by atoms with Gasteiger partial charge in [-0.15, -0.1) is 0 Å². The minimum Gasteiger partial charge on any atom is -0.481 e. The van der Waals surface area contributed by atoms with Gasteiger partial charge in [-0.25, -0.2) is 13.8 Å². The van der Waals surface area contributed by atoms with Gasteiger partial charge in [-0.3, -0.25) is 5.32 Å². The van der Waals surface area contributed by atoms with E-state index in [9.17, 15) is 8.78 Å². The lowest BCUT2D eigenvalue weighted by Gasteiger charge is -2.23. The molecule has 1 aromatic heterocycles. The van der Waals surface area contributed by atoms with E-state index in [2.05, 4.69) is 10.3 Å². The molecule has 0 bridgehead atoms. The molecule has 1 saturated heterocycles. The van der Waals surface area contributed by atoms with Crippen molar-refractivity contribution in [2.45, 2.75) is 24.4 Å². The summed E-state index contributed by atoms with van der Waals surface area (Å²) in [4.78, 5) is 4.23. The van der Waals surface area contributed by atoms with Crippen LogP contribution in [0.15, 0.2) is 30.5 Å². The molecule has 5 heteroatoms. The summed E-state index contributed by atoms with van der Waals surface area (Å²) in [6.07, 6.45) is 3.32. The topological polar surface area (TPSA) is 44.1 Å². The van der Waals surface area contributed by atoms with Gasteiger partial charge in [0.2, 0.25) is 5.88 Å². The lowest BCUT2D eigenvalue weighted by Crippen LogP contribution is -2.20. The van der Waals surface area contributed by atoms with Crippen molar-refractivity contribution >= 4 is 0 Å². The normalized spacial score (nSPS) is 26.0. The van der Waals surface area contributed by atoms with Crippen LogP contribution in [0.2, 0.25) is 0 Å². The molecule has 108 valence electrons.